The molecular formula is C29H39N7O4. The Morgan fingerprint density at radius 2 is 1.60 bits per heavy atom. The number of amides is 2. The number of piperidine rings is 2. The van der Waals surface area contributed by atoms with Crippen LogP contribution in [0.15, 0.2) is 17.5 Å². The molecule has 2 aromatic rings. The second-order valence-corrected chi connectivity index (χ2v) is 11.5. The topological polar surface area (TPSA) is 122 Å². The number of carbonyl (C=O) groups is 3. The van der Waals surface area contributed by atoms with Gasteiger partial charge in [0.05, 0.1) is 29.4 Å². The first-order valence-corrected chi connectivity index (χ1v) is 15.0. The van der Waals surface area contributed by atoms with Crippen molar-refractivity contribution in [2.24, 2.45) is 5.16 Å². The van der Waals surface area contributed by atoms with Crippen molar-refractivity contribution in [2.45, 2.75) is 95.7 Å². The Hall–Kier alpha value is -3.50. The molecule has 1 N–H and O–H groups in total. The summed E-state index contributed by atoms with van der Waals surface area (Å²) in [5, 5.41) is 13.5. The van der Waals surface area contributed by atoms with E-state index >= 15 is 0 Å². The first-order chi connectivity index (χ1) is 19.5. The minimum absolute atomic E-state index is 0.0601. The molecule has 2 aromatic heterocycles. The van der Waals surface area contributed by atoms with Crippen LogP contribution >= 0.6 is 0 Å². The number of nitrogens with zero attached hydrogens (tertiary/aromatic N) is 6. The molecule has 3 aliphatic heterocycles. The van der Waals surface area contributed by atoms with E-state index in [4.69, 9.17) is 9.82 Å². The van der Waals surface area contributed by atoms with Crippen molar-refractivity contribution in [3.63, 3.8) is 0 Å². The summed E-state index contributed by atoms with van der Waals surface area (Å²) < 4.78 is 1.84. The number of carbonyl (C=O) groups excluding carboxylic acids is 3. The number of ketones is 1. The number of anilines is 1. The lowest BCUT2D eigenvalue weighted by molar-refractivity contribution is -0.172. The number of hydrogen-bond acceptors (Lipinski definition) is 8. The minimum atomic E-state index is -1.69. The van der Waals surface area contributed by atoms with E-state index in [9.17, 15) is 14.4 Å². The molecule has 0 aromatic carbocycles. The van der Waals surface area contributed by atoms with Gasteiger partial charge in [-0.05, 0) is 58.3 Å². The number of rotatable bonds is 6. The van der Waals surface area contributed by atoms with E-state index < -0.39 is 5.60 Å². The average Bonchev–Trinajstić information content (AvgIpc) is 3.64. The fourth-order valence-electron chi connectivity index (χ4n) is 6.52. The van der Waals surface area contributed by atoms with Gasteiger partial charge in [-0.2, -0.15) is 5.10 Å². The summed E-state index contributed by atoms with van der Waals surface area (Å²) in [6.45, 7) is 5.21. The van der Waals surface area contributed by atoms with Crippen molar-refractivity contribution in [3.05, 3.63) is 18.0 Å². The fourth-order valence-corrected chi connectivity index (χ4v) is 6.52. The monoisotopic (exact) mass is 549 g/mol. The quantitative estimate of drug-likeness (QED) is 0.549. The van der Waals surface area contributed by atoms with E-state index in [-0.39, 0.29) is 24.3 Å². The zero-order valence-electron chi connectivity index (χ0n) is 23.4. The normalized spacial score (nSPS) is 21.8. The third kappa shape index (κ3) is 4.83. The molecule has 214 valence electrons. The lowest BCUT2D eigenvalue weighted by Crippen LogP contribution is -2.60. The lowest BCUT2D eigenvalue weighted by Gasteiger charge is -2.37. The molecule has 40 heavy (non-hydrogen) atoms. The van der Waals surface area contributed by atoms with E-state index in [2.05, 4.69) is 15.6 Å². The summed E-state index contributed by atoms with van der Waals surface area (Å²) in [7, 11) is 0. The van der Waals surface area contributed by atoms with Gasteiger partial charge in [0, 0.05) is 63.4 Å². The Bertz CT molecular complexity index is 1280. The fraction of sp³-hybridized carbons (Fsp3) is 0.655. The SMILES string of the molecule is CCn1ncc2c(NC3CCC(=O)CC3)c(C3=NOC(C(=O)N4CCCCC4)(C(=O)N4CCCCC4)C3)cnc21. The molecule has 2 amide bonds. The third-order valence-electron chi connectivity index (χ3n) is 8.87. The zero-order valence-corrected chi connectivity index (χ0v) is 23.4. The first kappa shape index (κ1) is 26.7. The number of aryl methyl sites for hydroxylation is 1. The molecule has 11 heteroatoms. The highest BCUT2D eigenvalue weighted by atomic mass is 16.7. The molecule has 5 heterocycles. The van der Waals surface area contributed by atoms with Gasteiger partial charge in [0.15, 0.2) is 5.65 Å². The predicted molar refractivity (Wildman–Crippen MR) is 150 cm³/mol. The van der Waals surface area contributed by atoms with Crippen molar-refractivity contribution in [3.8, 4) is 0 Å². The number of likely N-dealkylation sites (tertiary alicyclic amines) is 2. The standard InChI is InChI=1S/C29H39N7O4/c1-2-36-26-23(19-31-36)25(32-20-9-11-21(37)12-10-20)22(18-30-26)24-17-29(40-33-24,27(38)34-13-5-3-6-14-34)28(39)35-15-7-4-8-16-35/h18-20H,2-17H2,1H3,(H,30,32). The van der Waals surface area contributed by atoms with Gasteiger partial charge in [-0.15, -0.1) is 0 Å². The number of fused-ring (bicyclic) bond motifs is 1. The maximum atomic E-state index is 14.1. The second kappa shape index (κ2) is 11.2. The number of aromatic nitrogens is 3. The Kier molecular flexibility index (Phi) is 7.46. The number of pyridine rings is 1. The van der Waals surface area contributed by atoms with Gasteiger partial charge in [-0.3, -0.25) is 14.4 Å². The second-order valence-electron chi connectivity index (χ2n) is 11.5. The van der Waals surface area contributed by atoms with Crippen LogP contribution < -0.4 is 5.32 Å². The van der Waals surface area contributed by atoms with Gasteiger partial charge >= 0.3 is 0 Å². The zero-order chi connectivity index (χ0) is 27.7. The molecule has 0 radical (unpaired) electrons. The molecule has 0 atom stereocenters. The molecule has 1 saturated carbocycles. The minimum Gasteiger partial charge on any atom is -0.381 e. The van der Waals surface area contributed by atoms with Crippen molar-refractivity contribution in [2.75, 3.05) is 31.5 Å². The van der Waals surface area contributed by atoms with Crippen LogP contribution in [0.1, 0.15) is 83.1 Å². The van der Waals surface area contributed by atoms with E-state index in [1.165, 1.54) is 0 Å². The van der Waals surface area contributed by atoms with Crippen molar-refractivity contribution >= 4 is 40.0 Å². The molecule has 11 nitrogen and oxygen atoms in total. The van der Waals surface area contributed by atoms with Crippen LogP contribution in [0.4, 0.5) is 5.69 Å². The average molecular weight is 550 g/mol. The molecule has 0 spiro atoms. The van der Waals surface area contributed by atoms with E-state index in [1.54, 1.807) is 22.2 Å². The molecule has 3 fully saturated rings. The molecule has 6 rings (SSSR count). The summed E-state index contributed by atoms with van der Waals surface area (Å²) in [4.78, 5) is 54.4. The number of nitrogens with one attached hydrogen (secondary N) is 1. The molecule has 0 bridgehead atoms. The molecule has 4 aliphatic rings. The van der Waals surface area contributed by atoms with Crippen LogP contribution in [0.5, 0.6) is 0 Å². The van der Waals surface area contributed by atoms with Crippen LogP contribution in [0, 0.1) is 0 Å². The summed E-state index contributed by atoms with van der Waals surface area (Å²) in [6.07, 6.45) is 12.1. The Balaban J connectivity index is 1.36. The molecule has 2 saturated heterocycles. The van der Waals surface area contributed by atoms with Crippen LogP contribution in [-0.4, -0.2) is 85.7 Å². The van der Waals surface area contributed by atoms with E-state index in [0.29, 0.717) is 62.6 Å². The van der Waals surface area contributed by atoms with Gasteiger partial charge in [-0.1, -0.05) is 5.16 Å². The number of Topliss-reactive ketones (excluding diaryl/α,β-unsaturated/α-hetero) is 1. The summed E-state index contributed by atoms with van der Waals surface area (Å²) in [5.74, 6) is -0.271. The Labute approximate surface area is 234 Å². The van der Waals surface area contributed by atoms with Gasteiger partial charge in [0.25, 0.3) is 17.4 Å². The Morgan fingerprint density at radius 3 is 2.20 bits per heavy atom. The van der Waals surface area contributed by atoms with E-state index in [0.717, 1.165) is 68.1 Å². The number of oxime groups is 1. The smallest absolute Gasteiger partial charge is 0.297 e. The van der Waals surface area contributed by atoms with Crippen LogP contribution in [0.3, 0.4) is 0 Å². The van der Waals surface area contributed by atoms with E-state index in [1.807, 2.05) is 11.6 Å². The Morgan fingerprint density at radius 1 is 0.975 bits per heavy atom. The highest BCUT2D eigenvalue weighted by Gasteiger charge is 2.57. The first-order valence-electron chi connectivity index (χ1n) is 15.0. The highest BCUT2D eigenvalue weighted by molar-refractivity contribution is 6.18. The predicted octanol–water partition coefficient (Wildman–Crippen LogP) is 3.26. The van der Waals surface area contributed by atoms with Gasteiger partial charge < -0.3 is 20.0 Å². The highest BCUT2D eigenvalue weighted by Crippen LogP contribution is 2.37. The van der Waals surface area contributed by atoms with Crippen LogP contribution in [0.25, 0.3) is 11.0 Å². The van der Waals surface area contributed by atoms with Crippen LogP contribution in [-0.2, 0) is 25.8 Å². The molecule has 0 unspecified atom stereocenters. The number of hydrogen-bond donors (Lipinski definition) is 1. The lowest BCUT2D eigenvalue weighted by atomic mass is 9.89. The van der Waals surface area contributed by atoms with Crippen LogP contribution in [0.2, 0.25) is 0 Å². The maximum absolute atomic E-state index is 14.1. The molecule has 1 aliphatic carbocycles. The van der Waals surface area contributed by atoms with Gasteiger partial charge in [0.1, 0.15) is 5.78 Å². The van der Waals surface area contributed by atoms with Crippen molar-refractivity contribution in [1.29, 1.82) is 0 Å². The maximum Gasteiger partial charge on any atom is 0.297 e. The molecular weight excluding hydrogens is 510 g/mol. The van der Waals surface area contributed by atoms with Gasteiger partial charge in [-0.25, -0.2) is 9.67 Å². The summed E-state index contributed by atoms with van der Waals surface area (Å²) in [6, 6.07) is 0.115. The van der Waals surface area contributed by atoms with Gasteiger partial charge in [0.2, 0.25) is 0 Å². The third-order valence-corrected chi connectivity index (χ3v) is 8.87. The summed E-state index contributed by atoms with van der Waals surface area (Å²) >= 11 is 0. The summed E-state index contributed by atoms with van der Waals surface area (Å²) in [5.41, 5.74) is 1.11. The van der Waals surface area contributed by atoms with Crippen molar-refractivity contribution < 1.29 is 19.2 Å². The largest absolute Gasteiger partial charge is 0.381 e. The van der Waals surface area contributed by atoms with Crippen molar-refractivity contribution in [1.82, 2.24) is 24.6 Å².